The monoisotopic (exact) mass is 314 g/mol. The van der Waals surface area contributed by atoms with Crippen LogP contribution in [0.25, 0.3) is 0 Å². The lowest BCUT2D eigenvalue weighted by Crippen LogP contribution is -2.24. The van der Waals surface area contributed by atoms with Crippen LogP contribution in [-0.4, -0.2) is 23.8 Å². The van der Waals surface area contributed by atoms with Crippen LogP contribution in [0, 0.1) is 0 Å². The molecule has 0 aromatic heterocycles. The first-order valence-corrected chi connectivity index (χ1v) is 7.79. The molecule has 4 heteroatoms. The van der Waals surface area contributed by atoms with Crippen molar-refractivity contribution in [3.63, 3.8) is 0 Å². The first kappa shape index (κ1) is 17.0. The molecule has 0 aliphatic carbocycles. The van der Waals surface area contributed by atoms with Crippen LogP contribution in [0.15, 0.2) is 54.6 Å². The fourth-order valence-electron chi connectivity index (χ4n) is 2.31. The van der Waals surface area contributed by atoms with Crippen LogP contribution in [-0.2, 0) is 22.6 Å². The molecular weight excluding hydrogens is 292 g/mol. The van der Waals surface area contributed by atoms with Gasteiger partial charge in [0.1, 0.15) is 12.4 Å². The molecule has 122 valence electrons. The van der Waals surface area contributed by atoms with E-state index >= 15 is 0 Å². The van der Waals surface area contributed by atoms with Crippen molar-refractivity contribution >= 4 is 5.97 Å². The maximum Gasteiger partial charge on any atom is 0.332 e. The van der Waals surface area contributed by atoms with Gasteiger partial charge in [-0.1, -0.05) is 42.5 Å². The van der Waals surface area contributed by atoms with Crippen LogP contribution >= 0.6 is 0 Å². The quantitative estimate of drug-likeness (QED) is 0.767. The van der Waals surface area contributed by atoms with E-state index in [4.69, 9.17) is 14.6 Å². The van der Waals surface area contributed by atoms with Crippen molar-refractivity contribution in [1.82, 2.24) is 0 Å². The van der Waals surface area contributed by atoms with Gasteiger partial charge in [0, 0.05) is 6.61 Å². The van der Waals surface area contributed by atoms with Crippen molar-refractivity contribution < 1.29 is 19.4 Å². The third-order valence-corrected chi connectivity index (χ3v) is 3.49. The van der Waals surface area contributed by atoms with E-state index in [1.54, 1.807) is 6.92 Å². The molecule has 0 saturated carbocycles. The number of hydrogen-bond donors (Lipinski definition) is 1. The van der Waals surface area contributed by atoms with Gasteiger partial charge in [-0.3, -0.25) is 0 Å². The first-order chi connectivity index (χ1) is 11.2. The van der Waals surface area contributed by atoms with Crippen LogP contribution in [0.1, 0.15) is 24.5 Å². The third kappa shape index (κ3) is 5.75. The molecule has 23 heavy (non-hydrogen) atoms. The molecular formula is C19H22O4. The molecule has 0 fully saturated rings. The van der Waals surface area contributed by atoms with Crippen LogP contribution in [0.3, 0.4) is 0 Å². The van der Waals surface area contributed by atoms with E-state index < -0.39 is 12.1 Å². The third-order valence-electron chi connectivity index (χ3n) is 3.49. The zero-order chi connectivity index (χ0) is 16.5. The van der Waals surface area contributed by atoms with Crippen LogP contribution in [0.2, 0.25) is 0 Å². The number of carboxylic acid groups (broad SMARTS) is 1. The summed E-state index contributed by atoms with van der Waals surface area (Å²) in [5.41, 5.74) is 2.15. The minimum atomic E-state index is -0.914. The Balaban J connectivity index is 1.90. The second kappa shape index (κ2) is 8.96. The predicted octanol–water partition coefficient (Wildman–Crippen LogP) is 3.69. The van der Waals surface area contributed by atoms with E-state index in [1.165, 1.54) is 0 Å². The number of rotatable bonds is 9. The van der Waals surface area contributed by atoms with Crippen molar-refractivity contribution in [2.24, 2.45) is 0 Å². The Bertz CT molecular complexity index is 610. The van der Waals surface area contributed by atoms with Gasteiger partial charge in [0.15, 0.2) is 6.10 Å². The highest BCUT2D eigenvalue weighted by Gasteiger charge is 2.17. The number of aryl methyl sites for hydroxylation is 1. The summed E-state index contributed by atoms with van der Waals surface area (Å²) in [5.74, 6) is -0.127. The van der Waals surface area contributed by atoms with E-state index in [2.05, 4.69) is 0 Å². The van der Waals surface area contributed by atoms with E-state index in [0.29, 0.717) is 26.1 Å². The molecule has 2 aromatic rings. The lowest BCUT2D eigenvalue weighted by Gasteiger charge is -2.13. The Morgan fingerprint density at radius 1 is 1.09 bits per heavy atom. The number of aliphatic carboxylic acids is 1. The fourth-order valence-corrected chi connectivity index (χ4v) is 2.31. The molecule has 0 spiro atoms. The summed E-state index contributed by atoms with van der Waals surface area (Å²) >= 11 is 0. The molecule has 0 heterocycles. The largest absolute Gasteiger partial charge is 0.489 e. The molecule has 4 nitrogen and oxygen atoms in total. The number of hydrogen-bond acceptors (Lipinski definition) is 3. The topological polar surface area (TPSA) is 55.8 Å². The molecule has 0 radical (unpaired) electrons. The SMILES string of the molecule is CCOC(CCc1cccc(OCc2ccccc2)c1)C(=O)O. The highest BCUT2D eigenvalue weighted by Crippen LogP contribution is 2.17. The van der Waals surface area contributed by atoms with E-state index in [9.17, 15) is 4.79 Å². The number of carboxylic acids is 1. The molecule has 1 unspecified atom stereocenters. The Labute approximate surface area is 136 Å². The molecule has 0 saturated heterocycles. The molecule has 2 aromatic carbocycles. The normalized spacial score (nSPS) is 11.9. The van der Waals surface area contributed by atoms with Crippen molar-refractivity contribution in [2.45, 2.75) is 32.5 Å². The molecule has 1 atom stereocenters. The predicted molar refractivity (Wildman–Crippen MR) is 88.6 cm³/mol. The van der Waals surface area contributed by atoms with Gasteiger partial charge in [0.25, 0.3) is 0 Å². The second-order valence-corrected chi connectivity index (χ2v) is 5.24. The lowest BCUT2D eigenvalue weighted by molar-refractivity contribution is -0.150. The minimum Gasteiger partial charge on any atom is -0.489 e. The van der Waals surface area contributed by atoms with Gasteiger partial charge in [-0.05, 0) is 43.0 Å². The number of ether oxygens (including phenoxy) is 2. The zero-order valence-electron chi connectivity index (χ0n) is 13.3. The molecule has 0 aliphatic rings. The molecule has 2 rings (SSSR count). The van der Waals surface area contributed by atoms with Crippen molar-refractivity contribution in [2.75, 3.05) is 6.61 Å². The van der Waals surface area contributed by atoms with E-state index in [-0.39, 0.29) is 0 Å². The Kier molecular flexibility index (Phi) is 6.63. The van der Waals surface area contributed by atoms with E-state index in [0.717, 1.165) is 16.9 Å². The fraction of sp³-hybridized carbons (Fsp3) is 0.316. The van der Waals surface area contributed by atoms with Crippen LogP contribution in [0.4, 0.5) is 0 Å². The smallest absolute Gasteiger partial charge is 0.332 e. The highest BCUT2D eigenvalue weighted by molar-refractivity contribution is 5.72. The van der Waals surface area contributed by atoms with Crippen molar-refractivity contribution in [3.05, 3.63) is 65.7 Å². The van der Waals surface area contributed by atoms with Gasteiger partial charge < -0.3 is 14.6 Å². The van der Waals surface area contributed by atoms with Crippen molar-refractivity contribution in [1.29, 1.82) is 0 Å². The Hall–Kier alpha value is -2.33. The highest BCUT2D eigenvalue weighted by atomic mass is 16.5. The minimum absolute atomic E-state index is 0.400. The summed E-state index contributed by atoms with van der Waals surface area (Å²) in [5, 5.41) is 9.10. The van der Waals surface area contributed by atoms with Gasteiger partial charge >= 0.3 is 5.97 Å². The number of carbonyl (C=O) groups is 1. The van der Waals surface area contributed by atoms with Gasteiger partial charge in [-0.2, -0.15) is 0 Å². The lowest BCUT2D eigenvalue weighted by atomic mass is 10.1. The average molecular weight is 314 g/mol. The summed E-state index contributed by atoms with van der Waals surface area (Å²) in [7, 11) is 0. The van der Waals surface area contributed by atoms with Gasteiger partial charge in [-0.25, -0.2) is 4.79 Å². The summed E-state index contributed by atoms with van der Waals surface area (Å²) in [6, 6.07) is 17.7. The molecule has 0 aliphatic heterocycles. The summed E-state index contributed by atoms with van der Waals surface area (Å²) in [6.45, 7) is 2.71. The second-order valence-electron chi connectivity index (χ2n) is 5.24. The molecule has 1 N–H and O–H groups in total. The van der Waals surface area contributed by atoms with Gasteiger partial charge in [0.05, 0.1) is 0 Å². The first-order valence-electron chi connectivity index (χ1n) is 7.79. The summed E-state index contributed by atoms with van der Waals surface area (Å²) in [4.78, 5) is 11.1. The summed E-state index contributed by atoms with van der Waals surface area (Å²) in [6.07, 6.45) is 0.332. The molecule has 0 bridgehead atoms. The molecule has 0 amide bonds. The van der Waals surface area contributed by atoms with Crippen LogP contribution in [0.5, 0.6) is 5.75 Å². The Morgan fingerprint density at radius 3 is 2.52 bits per heavy atom. The van der Waals surface area contributed by atoms with Crippen molar-refractivity contribution in [3.8, 4) is 5.75 Å². The Morgan fingerprint density at radius 2 is 1.83 bits per heavy atom. The van der Waals surface area contributed by atoms with E-state index in [1.807, 2.05) is 54.6 Å². The van der Waals surface area contributed by atoms with Crippen LogP contribution < -0.4 is 4.74 Å². The van der Waals surface area contributed by atoms with Gasteiger partial charge in [0.2, 0.25) is 0 Å². The summed E-state index contributed by atoms with van der Waals surface area (Å²) < 4.78 is 11.0. The zero-order valence-corrected chi connectivity index (χ0v) is 13.3. The van der Waals surface area contributed by atoms with Gasteiger partial charge in [-0.15, -0.1) is 0 Å². The standard InChI is InChI=1S/C19H22O4/c1-2-22-18(19(20)21)12-11-15-9-6-10-17(13-15)23-14-16-7-4-3-5-8-16/h3-10,13,18H,2,11-12,14H2,1H3,(H,20,21). The maximum absolute atomic E-state index is 11.1. The number of benzene rings is 2. The maximum atomic E-state index is 11.1. The average Bonchev–Trinajstić information content (AvgIpc) is 2.58.